The molecule has 2 N–H and O–H groups in total. The van der Waals surface area contributed by atoms with Gasteiger partial charge in [-0.1, -0.05) is 30.3 Å². The number of aromatic nitrogens is 2. The highest BCUT2D eigenvalue weighted by atomic mass is 16.4. The van der Waals surface area contributed by atoms with Crippen LogP contribution < -0.4 is 0 Å². The highest BCUT2D eigenvalue weighted by Gasteiger charge is 2.54. The minimum Gasteiger partial charge on any atom is -0.481 e. The van der Waals surface area contributed by atoms with E-state index in [2.05, 4.69) is 39.1 Å². The fourth-order valence-corrected chi connectivity index (χ4v) is 4.65. The number of imidazole rings is 1. The molecule has 1 aromatic carbocycles. The molecule has 2 fully saturated rings. The smallest absolute Gasteiger partial charge is 0.311 e. The van der Waals surface area contributed by atoms with Crippen LogP contribution in [0.4, 0.5) is 0 Å². The van der Waals surface area contributed by atoms with Gasteiger partial charge in [-0.2, -0.15) is 0 Å². The summed E-state index contributed by atoms with van der Waals surface area (Å²) in [5, 5.41) is 9.95. The Bertz CT molecular complexity index is 701. The van der Waals surface area contributed by atoms with Crippen molar-refractivity contribution in [3.8, 4) is 0 Å². The van der Waals surface area contributed by atoms with Gasteiger partial charge in [0.25, 0.3) is 0 Å². The van der Waals surface area contributed by atoms with E-state index >= 15 is 0 Å². The second-order valence-corrected chi connectivity index (χ2v) is 7.25. The number of fused-ring (bicyclic) bond motifs is 1. The van der Waals surface area contributed by atoms with Crippen LogP contribution >= 0.6 is 0 Å². The molecule has 1 saturated carbocycles. The lowest BCUT2D eigenvalue weighted by atomic mass is 9.64. The highest BCUT2D eigenvalue weighted by molar-refractivity contribution is 5.76. The van der Waals surface area contributed by atoms with E-state index in [4.69, 9.17) is 0 Å². The zero-order valence-corrected chi connectivity index (χ0v) is 13.7. The van der Waals surface area contributed by atoms with Gasteiger partial charge in [0.2, 0.25) is 0 Å². The summed E-state index contributed by atoms with van der Waals surface area (Å²) in [6.45, 7) is 2.18. The Morgan fingerprint density at radius 1 is 1.38 bits per heavy atom. The summed E-state index contributed by atoms with van der Waals surface area (Å²) in [5.41, 5.74) is 0.763. The van der Waals surface area contributed by atoms with E-state index in [9.17, 15) is 9.90 Å². The van der Waals surface area contributed by atoms with Gasteiger partial charge in [-0.25, -0.2) is 4.98 Å². The van der Waals surface area contributed by atoms with Crippen LogP contribution in [-0.2, 0) is 11.3 Å². The van der Waals surface area contributed by atoms with Crippen LogP contribution in [-0.4, -0.2) is 39.0 Å². The number of aromatic amines is 1. The molecule has 2 aliphatic rings. The third kappa shape index (κ3) is 2.63. The number of nitrogens with one attached hydrogen (secondary N) is 1. The standard InChI is InChI=1S/C19H23N3O2/c23-18(24)19-7-6-15(14-4-2-1-3-5-14)10-16(19)11-22(13-19)12-17-20-8-9-21-17/h1-5,8-9,15-16H,6-7,10-13H2,(H,20,21)(H,23,24)/t15-,16-,19-/m0/s1. The molecular formula is C19H23N3O2. The molecule has 0 spiro atoms. The van der Waals surface area contributed by atoms with E-state index in [1.54, 1.807) is 6.20 Å². The van der Waals surface area contributed by atoms with Crippen molar-refractivity contribution in [2.24, 2.45) is 11.3 Å². The molecule has 0 bridgehead atoms. The van der Waals surface area contributed by atoms with Crippen LogP contribution in [0.1, 0.15) is 36.6 Å². The first kappa shape index (κ1) is 15.4. The van der Waals surface area contributed by atoms with Crippen molar-refractivity contribution in [1.29, 1.82) is 0 Å². The van der Waals surface area contributed by atoms with E-state index in [-0.39, 0.29) is 5.92 Å². The summed E-state index contributed by atoms with van der Waals surface area (Å²) in [7, 11) is 0. The number of nitrogens with zero attached hydrogens (tertiary/aromatic N) is 2. The minimum atomic E-state index is -0.624. The number of benzene rings is 1. The zero-order valence-electron chi connectivity index (χ0n) is 13.7. The van der Waals surface area contributed by atoms with E-state index in [1.165, 1.54) is 5.56 Å². The second-order valence-electron chi connectivity index (χ2n) is 7.25. The molecule has 126 valence electrons. The summed E-state index contributed by atoms with van der Waals surface area (Å²) in [6, 6.07) is 10.5. The zero-order chi connectivity index (χ0) is 16.6. The molecule has 1 aliphatic heterocycles. The maximum Gasteiger partial charge on any atom is 0.311 e. The molecule has 0 unspecified atom stereocenters. The number of hydrogen-bond acceptors (Lipinski definition) is 3. The Morgan fingerprint density at radius 3 is 2.92 bits per heavy atom. The van der Waals surface area contributed by atoms with Crippen molar-refractivity contribution in [3.63, 3.8) is 0 Å². The lowest BCUT2D eigenvalue weighted by Crippen LogP contribution is -2.42. The SMILES string of the molecule is O=C(O)[C@]12CC[C@H](c3ccccc3)C[C@H]1CN(Cc1ncc[nH]1)C2. The first-order valence-corrected chi connectivity index (χ1v) is 8.66. The predicted molar refractivity (Wildman–Crippen MR) is 90.5 cm³/mol. The van der Waals surface area contributed by atoms with E-state index < -0.39 is 11.4 Å². The van der Waals surface area contributed by atoms with Crippen LogP contribution in [0, 0.1) is 11.3 Å². The first-order valence-electron chi connectivity index (χ1n) is 8.66. The van der Waals surface area contributed by atoms with Gasteiger partial charge in [0, 0.05) is 25.5 Å². The fraction of sp³-hybridized carbons (Fsp3) is 0.474. The number of H-pyrrole nitrogens is 1. The number of carboxylic acid groups (broad SMARTS) is 1. The molecule has 2 aromatic rings. The number of hydrogen-bond donors (Lipinski definition) is 2. The first-order chi connectivity index (χ1) is 11.7. The summed E-state index contributed by atoms with van der Waals surface area (Å²) >= 11 is 0. The van der Waals surface area contributed by atoms with Gasteiger partial charge in [-0.15, -0.1) is 0 Å². The number of carbonyl (C=O) groups is 1. The topological polar surface area (TPSA) is 69.2 Å². The predicted octanol–water partition coefficient (Wildman–Crippen LogP) is 2.88. The maximum absolute atomic E-state index is 12.1. The quantitative estimate of drug-likeness (QED) is 0.907. The van der Waals surface area contributed by atoms with Gasteiger partial charge >= 0.3 is 5.97 Å². The van der Waals surface area contributed by atoms with Crippen LogP contribution in [0.15, 0.2) is 42.7 Å². The average molecular weight is 325 g/mol. The molecule has 1 saturated heterocycles. The molecule has 0 radical (unpaired) electrons. The molecule has 2 heterocycles. The lowest BCUT2D eigenvalue weighted by molar-refractivity contribution is -0.152. The van der Waals surface area contributed by atoms with Crippen LogP contribution in [0.25, 0.3) is 0 Å². The van der Waals surface area contributed by atoms with E-state index in [0.717, 1.165) is 31.6 Å². The Labute approximate surface area is 141 Å². The van der Waals surface area contributed by atoms with Crippen LogP contribution in [0.3, 0.4) is 0 Å². The van der Waals surface area contributed by atoms with Crippen LogP contribution in [0.5, 0.6) is 0 Å². The number of carboxylic acids is 1. The largest absolute Gasteiger partial charge is 0.481 e. The fourth-order valence-electron chi connectivity index (χ4n) is 4.65. The number of aliphatic carboxylic acids is 1. The molecule has 3 atom stereocenters. The van der Waals surface area contributed by atoms with Gasteiger partial charge in [-0.05, 0) is 36.7 Å². The molecule has 24 heavy (non-hydrogen) atoms. The van der Waals surface area contributed by atoms with Gasteiger partial charge in [0.15, 0.2) is 0 Å². The Balaban J connectivity index is 1.53. The minimum absolute atomic E-state index is 0.212. The average Bonchev–Trinajstić information content (AvgIpc) is 3.22. The monoisotopic (exact) mass is 325 g/mol. The molecule has 4 rings (SSSR count). The molecular weight excluding hydrogens is 302 g/mol. The van der Waals surface area contributed by atoms with Crippen molar-refractivity contribution >= 4 is 5.97 Å². The van der Waals surface area contributed by atoms with Crippen molar-refractivity contribution in [2.75, 3.05) is 13.1 Å². The van der Waals surface area contributed by atoms with Gasteiger partial charge < -0.3 is 10.1 Å². The van der Waals surface area contributed by atoms with Gasteiger partial charge in [0.1, 0.15) is 5.82 Å². The van der Waals surface area contributed by atoms with Crippen molar-refractivity contribution in [1.82, 2.24) is 14.9 Å². The molecule has 0 amide bonds. The molecule has 1 aromatic heterocycles. The lowest BCUT2D eigenvalue weighted by Gasteiger charge is -2.38. The van der Waals surface area contributed by atoms with Gasteiger partial charge in [-0.3, -0.25) is 9.69 Å². The van der Waals surface area contributed by atoms with Crippen molar-refractivity contribution < 1.29 is 9.90 Å². The van der Waals surface area contributed by atoms with E-state index in [1.807, 2.05) is 12.3 Å². The molecule has 5 heteroatoms. The number of likely N-dealkylation sites (tertiary alicyclic amines) is 1. The molecule has 5 nitrogen and oxygen atoms in total. The van der Waals surface area contributed by atoms with E-state index in [0.29, 0.717) is 19.0 Å². The maximum atomic E-state index is 12.1. The van der Waals surface area contributed by atoms with Gasteiger partial charge in [0.05, 0.1) is 12.0 Å². The normalized spacial score (nSPS) is 30.2. The third-order valence-corrected chi connectivity index (χ3v) is 5.90. The third-order valence-electron chi connectivity index (χ3n) is 5.90. The summed E-state index contributed by atoms with van der Waals surface area (Å²) in [5.74, 6) is 0.978. The summed E-state index contributed by atoms with van der Waals surface area (Å²) in [4.78, 5) is 21.8. The molecule has 1 aliphatic carbocycles. The second kappa shape index (κ2) is 6.06. The van der Waals surface area contributed by atoms with Crippen molar-refractivity contribution in [3.05, 3.63) is 54.1 Å². The number of rotatable bonds is 4. The van der Waals surface area contributed by atoms with Crippen molar-refractivity contribution in [2.45, 2.75) is 31.7 Å². The Kier molecular flexibility index (Phi) is 3.88. The highest BCUT2D eigenvalue weighted by Crippen LogP contribution is 2.51. The Hall–Kier alpha value is -2.14. The van der Waals surface area contributed by atoms with Crippen LogP contribution in [0.2, 0.25) is 0 Å². The summed E-state index contributed by atoms with van der Waals surface area (Å²) in [6.07, 6.45) is 6.25. The Morgan fingerprint density at radius 2 is 2.21 bits per heavy atom. The summed E-state index contributed by atoms with van der Waals surface area (Å²) < 4.78 is 0.